The van der Waals surface area contributed by atoms with Crippen LogP contribution >= 0.6 is 0 Å². The molecule has 0 aliphatic carbocycles. The van der Waals surface area contributed by atoms with Gasteiger partial charge in [0.2, 0.25) is 5.90 Å². The van der Waals surface area contributed by atoms with Crippen LogP contribution in [-0.4, -0.2) is 11.9 Å². The molecule has 0 saturated heterocycles. The Morgan fingerprint density at radius 3 is 2.33 bits per heavy atom. The molecule has 1 heterocycles. The SMILES string of the molecule is O=C1OC(c2ccccc2)=N/C1=C/C#Cc1ccccc1. The molecule has 0 saturated carbocycles. The molecule has 3 rings (SSSR count). The predicted molar refractivity (Wildman–Crippen MR) is 80.5 cm³/mol. The summed E-state index contributed by atoms with van der Waals surface area (Å²) in [6.45, 7) is 0. The van der Waals surface area contributed by atoms with Gasteiger partial charge in [0.1, 0.15) is 0 Å². The molecule has 2 aromatic rings. The lowest BCUT2D eigenvalue weighted by molar-refractivity contribution is -0.130. The van der Waals surface area contributed by atoms with Gasteiger partial charge in [-0.05, 0) is 24.3 Å². The first kappa shape index (κ1) is 12.9. The molecule has 0 bridgehead atoms. The molecule has 0 N–H and O–H groups in total. The maximum Gasteiger partial charge on any atom is 0.364 e. The largest absolute Gasteiger partial charge is 0.402 e. The van der Waals surface area contributed by atoms with Gasteiger partial charge in [-0.3, -0.25) is 0 Å². The minimum atomic E-state index is -0.476. The van der Waals surface area contributed by atoms with Crippen molar-refractivity contribution in [3.63, 3.8) is 0 Å². The summed E-state index contributed by atoms with van der Waals surface area (Å²) in [5.41, 5.74) is 1.87. The fraction of sp³-hybridized carbons (Fsp3) is 0. The van der Waals surface area contributed by atoms with Crippen LogP contribution in [0.1, 0.15) is 11.1 Å². The van der Waals surface area contributed by atoms with E-state index in [1.165, 1.54) is 6.08 Å². The van der Waals surface area contributed by atoms with Crippen molar-refractivity contribution >= 4 is 11.9 Å². The molecule has 3 heteroatoms. The van der Waals surface area contributed by atoms with Gasteiger partial charge in [0.05, 0.1) is 0 Å². The van der Waals surface area contributed by atoms with Crippen LogP contribution in [0, 0.1) is 11.8 Å². The quantitative estimate of drug-likeness (QED) is 0.455. The minimum Gasteiger partial charge on any atom is -0.402 e. The second-order valence-corrected chi connectivity index (χ2v) is 4.34. The number of aliphatic imine (C=N–C) groups is 1. The normalized spacial score (nSPS) is 15.1. The van der Waals surface area contributed by atoms with E-state index in [-0.39, 0.29) is 5.70 Å². The summed E-state index contributed by atoms with van der Waals surface area (Å²) in [4.78, 5) is 15.9. The summed E-state index contributed by atoms with van der Waals surface area (Å²) in [5, 5.41) is 0. The number of hydrogen-bond donors (Lipinski definition) is 0. The highest BCUT2D eigenvalue weighted by Gasteiger charge is 2.23. The number of hydrogen-bond acceptors (Lipinski definition) is 3. The summed E-state index contributed by atoms with van der Waals surface area (Å²) in [5.74, 6) is 5.61. The summed E-state index contributed by atoms with van der Waals surface area (Å²) in [7, 11) is 0. The topological polar surface area (TPSA) is 38.7 Å². The van der Waals surface area contributed by atoms with Gasteiger partial charge in [-0.1, -0.05) is 48.2 Å². The van der Waals surface area contributed by atoms with Crippen LogP contribution in [-0.2, 0) is 9.53 Å². The van der Waals surface area contributed by atoms with Crippen molar-refractivity contribution < 1.29 is 9.53 Å². The number of rotatable bonds is 1. The average molecular weight is 273 g/mol. The van der Waals surface area contributed by atoms with Crippen molar-refractivity contribution in [1.29, 1.82) is 0 Å². The highest BCUT2D eigenvalue weighted by molar-refractivity contribution is 6.11. The van der Waals surface area contributed by atoms with E-state index >= 15 is 0 Å². The molecule has 0 atom stereocenters. The summed E-state index contributed by atoms with van der Waals surface area (Å²) in [6.07, 6.45) is 1.48. The molecular formula is C18H11NO2. The van der Waals surface area contributed by atoms with Crippen LogP contribution in [0.15, 0.2) is 77.4 Å². The van der Waals surface area contributed by atoms with Gasteiger partial charge in [-0.15, -0.1) is 0 Å². The first-order chi connectivity index (χ1) is 10.3. The second kappa shape index (κ2) is 5.89. The molecular weight excluding hydrogens is 262 g/mol. The number of benzene rings is 2. The number of carbonyl (C=O) groups excluding carboxylic acids is 1. The summed E-state index contributed by atoms with van der Waals surface area (Å²) in [6, 6.07) is 18.8. The van der Waals surface area contributed by atoms with E-state index in [0.717, 1.165) is 11.1 Å². The number of cyclic esters (lactones) is 1. The van der Waals surface area contributed by atoms with Crippen molar-refractivity contribution in [3.05, 3.63) is 83.6 Å². The monoisotopic (exact) mass is 273 g/mol. The van der Waals surface area contributed by atoms with Crippen molar-refractivity contribution in [3.8, 4) is 11.8 Å². The molecule has 0 unspecified atom stereocenters. The molecule has 21 heavy (non-hydrogen) atoms. The number of carbonyl (C=O) groups is 1. The number of ether oxygens (including phenoxy) is 1. The molecule has 0 aromatic heterocycles. The minimum absolute atomic E-state index is 0.220. The molecule has 0 spiro atoms. The Bertz CT molecular complexity index is 778. The Morgan fingerprint density at radius 2 is 1.62 bits per heavy atom. The number of allylic oxidation sites excluding steroid dienone is 1. The first-order valence-corrected chi connectivity index (χ1v) is 6.46. The zero-order valence-electron chi connectivity index (χ0n) is 11.1. The Balaban J connectivity index is 1.83. The molecule has 0 radical (unpaired) electrons. The molecule has 1 aliphatic heterocycles. The summed E-state index contributed by atoms with van der Waals surface area (Å²) < 4.78 is 5.14. The first-order valence-electron chi connectivity index (χ1n) is 6.46. The van der Waals surface area contributed by atoms with E-state index in [0.29, 0.717) is 5.90 Å². The van der Waals surface area contributed by atoms with E-state index in [1.54, 1.807) is 0 Å². The maximum absolute atomic E-state index is 11.7. The van der Waals surface area contributed by atoms with Gasteiger partial charge in [0.15, 0.2) is 5.70 Å². The van der Waals surface area contributed by atoms with Gasteiger partial charge in [0, 0.05) is 17.2 Å². The number of esters is 1. The predicted octanol–water partition coefficient (Wildman–Crippen LogP) is 2.93. The Labute approximate surface area is 122 Å². The lowest BCUT2D eigenvalue weighted by Crippen LogP contribution is -2.04. The lowest BCUT2D eigenvalue weighted by Gasteiger charge is -1.96. The van der Waals surface area contributed by atoms with Crippen LogP contribution in [0.3, 0.4) is 0 Å². The molecule has 2 aromatic carbocycles. The standard InChI is InChI=1S/C18H11NO2/c20-18-16(13-7-10-14-8-3-1-4-9-14)19-17(21-18)15-11-5-2-6-12-15/h1-6,8-9,11-13H/b16-13+. The van der Waals surface area contributed by atoms with E-state index in [1.807, 2.05) is 60.7 Å². The van der Waals surface area contributed by atoms with E-state index < -0.39 is 5.97 Å². The van der Waals surface area contributed by atoms with Crippen LogP contribution in [0.4, 0.5) is 0 Å². The van der Waals surface area contributed by atoms with Gasteiger partial charge >= 0.3 is 5.97 Å². The summed E-state index contributed by atoms with van der Waals surface area (Å²) >= 11 is 0. The van der Waals surface area contributed by atoms with Gasteiger partial charge in [0.25, 0.3) is 0 Å². The fourth-order valence-corrected chi connectivity index (χ4v) is 1.82. The van der Waals surface area contributed by atoms with Crippen molar-refractivity contribution in [2.24, 2.45) is 4.99 Å². The highest BCUT2D eigenvalue weighted by Crippen LogP contribution is 2.15. The van der Waals surface area contributed by atoms with E-state index in [4.69, 9.17) is 4.74 Å². The smallest absolute Gasteiger partial charge is 0.364 e. The van der Waals surface area contributed by atoms with Gasteiger partial charge < -0.3 is 4.74 Å². The fourth-order valence-electron chi connectivity index (χ4n) is 1.82. The lowest BCUT2D eigenvalue weighted by atomic mass is 10.2. The third-order valence-corrected chi connectivity index (χ3v) is 2.84. The van der Waals surface area contributed by atoms with Crippen molar-refractivity contribution in [2.75, 3.05) is 0 Å². The average Bonchev–Trinajstić information content (AvgIpc) is 2.91. The van der Waals surface area contributed by atoms with Crippen LogP contribution < -0.4 is 0 Å². The Morgan fingerprint density at radius 1 is 0.952 bits per heavy atom. The van der Waals surface area contributed by atoms with Crippen molar-refractivity contribution in [1.82, 2.24) is 0 Å². The van der Waals surface area contributed by atoms with E-state index in [9.17, 15) is 4.79 Å². The maximum atomic E-state index is 11.7. The molecule has 0 amide bonds. The van der Waals surface area contributed by atoms with Crippen LogP contribution in [0.25, 0.3) is 0 Å². The molecule has 0 fully saturated rings. The zero-order valence-corrected chi connectivity index (χ0v) is 11.1. The van der Waals surface area contributed by atoms with Crippen LogP contribution in [0.2, 0.25) is 0 Å². The Hall–Kier alpha value is -3.12. The third-order valence-electron chi connectivity index (χ3n) is 2.84. The van der Waals surface area contributed by atoms with Crippen LogP contribution in [0.5, 0.6) is 0 Å². The molecule has 3 nitrogen and oxygen atoms in total. The zero-order chi connectivity index (χ0) is 14.5. The van der Waals surface area contributed by atoms with Gasteiger partial charge in [-0.25, -0.2) is 9.79 Å². The third kappa shape index (κ3) is 3.07. The molecule has 100 valence electrons. The molecule has 1 aliphatic rings. The second-order valence-electron chi connectivity index (χ2n) is 4.34. The van der Waals surface area contributed by atoms with Crippen molar-refractivity contribution in [2.45, 2.75) is 0 Å². The Kier molecular flexibility index (Phi) is 3.62. The van der Waals surface area contributed by atoms with E-state index in [2.05, 4.69) is 16.8 Å². The number of nitrogens with zero attached hydrogens (tertiary/aromatic N) is 1. The highest BCUT2D eigenvalue weighted by atomic mass is 16.6. The van der Waals surface area contributed by atoms with Gasteiger partial charge in [-0.2, -0.15) is 0 Å².